The van der Waals surface area contributed by atoms with E-state index in [0.717, 1.165) is 39.0 Å². The van der Waals surface area contributed by atoms with Crippen LogP contribution >= 0.6 is 11.3 Å². The summed E-state index contributed by atoms with van der Waals surface area (Å²) in [5, 5.41) is 2.08. The third-order valence-corrected chi connectivity index (χ3v) is 7.19. The molecule has 1 fully saturated rings. The Kier molecular flexibility index (Phi) is 16.3. The van der Waals surface area contributed by atoms with Gasteiger partial charge in [0.25, 0.3) is 0 Å². The predicted molar refractivity (Wildman–Crippen MR) is 137 cm³/mol. The van der Waals surface area contributed by atoms with Gasteiger partial charge in [0.1, 0.15) is 12.6 Å². The van der Waals surface area contributed by atoms with Crippen molar-refractivity contribution in [1.29, 1.82) is 0 Å². The van der Waals surface area contributed by atoms with Crippen LogP contribution in [-0.4, -0.2) is 43.4 Å². The summed E-state index contributed by atoms with van der Waals surface area (Å²) in [4.78, 5) is 13.9. The summed E-state index contributed by atoms with van der Waals surface area (Å²) in [7, 11) is 0. The summed E-state index contributed by atoms with van der Waals surface area (Å²) in [5.41, 5.74) is 2.12. The van der Waals surface area contributed by atoms with Crippen molar-refractivity contribution in [2.75, 3.05) is 26.3 Å². The van der Waals surface area contributed by atoms with Crippen molar-refractivity contribution in [1.82, 2.24) is 4.90 Å². The molecule has 0 unspecified atom stereocenters. The number of thiazole rings is 1. The van der Waals surface area contributed by atoms with Crippen LogP contribution in [0.4, 0.5) is 4.79 Å². The van der Waals surface area contributed by atoms with Crippen molar-refractivity contribution in [3.63, 3.8) is 0 Å². The number of rotatable bonds is 22. The van der Waals surface area contributed by atoms with E-state index in [9.17, 15) is 4.79 Å². The highest BCUT2D eigenvalue weighted by molar-refractivity contribution is 7.07. The Bertz CT molecular complexity index is 582. The highest BCUT2D eigenvalue weighted by Crippen LogP contribution is 2.14. The van der Waals surface area contributed by atoms with Crippen LogP contribution in [0.2, 0.25) is 0 Å². The lowest BCUT2D eigenvalue weighted by molar-refractivity contribution is -0.692. The van der Waals surface area contributed by atoms with Gasteiger partial charge in [-0.2, -0.15) is 4.57 Å². The molecule has 1 atom stereocenters. The number of aryl methyl sites for hydroxylation is 1. The molecule has 0 spiro atoms. The Labute approximate surface area is 206 Å². The first kappa shape index (κ1) is 28.1. The second-order valence-electron chi connectivity index (χ2n) is 9.59. The molecule has 33 heavy (non-hydrogen) atoms. The predicted octanol–water partition coefficient (Wildman–Crippen LogP) is 7.13. The van der Waals surface area contributed by atoms with E-state index in [-0.39, 0.29) is 12.2 Å². The molecule has 5 nitrogen and oxygen atoms in total. The highest BCUT2D eigenvalue weighted by atomic mass is 32.1. The summed E-state index contributed by atoms with van der Waals surface area (Å²) in [6.45, 7) is 6.06. The topological polar surface area (TPSA) is 42.7 Å². The van der Waals surface area contributed by atoms with Crippen LogP contribution < -0.4 is 4.57 Å². The van der Waals surface area contributed by atoms with Gasteiger partial charge >= 0.3 is 6.09 Å². The van der Waals surface area contributed by atoms with Gasteiger partial charge in [-0.05, 0) is 12.8 Å². The highest BCUT2D eigenvalue weighted by Gasteiger charge is 2.30. The number of aromatic nitrogens is 1. The van der Waals surface area contributed by atoms with Crippen molar-refractivity contribution in [2.45, 2.75) is 122 Å². The second-order valence-corrected chi connectivity index (χ2v) is 10.3. The third kappa shape index (κ3) is 14.0. The van der Waals surface area contributed by atoms with Crippen molar-refractivity contribution in [3.8, 4) is 0 Å². The molecular weight excluding hydrogens is 432 g/mol. The molecule has 0 saturated carbocycles. The molecule has 1 aromatic rings. The molecule has 190 valence electrons. The standard InChI is InChI=1S/C27H49N2O3S/c1-2-3-4-5-6-7-8-9-10-11-12-13-14-17-21-31-24-26-23-29(27(30)32-26)19-16-15-18-28-20-22-33-25-28/h20,22,25-26H,2-19,21,23-24H2,1H3/q+1/t26-/m1/s1. The molecule has 6 heteroatoms. The van der Waals surface area contributed by atoms with Crippen molar-refractivity contribution in [2.24, 2.45) is 0 Å². The third-order valence-electron chi connectivity index (χ3n) is 6.52. The average molecular weight is 482 g/mol. The smallest absolute Gasteiger partial charge is 0.410 e. The molecule has 1 aliphatic heterocycles. The van der Waals surface area contributed by atoms with Gasteiger partial charge in [-0.15, -0.1) is 0 Å². The summed E-state index contributed by atoms with van der Waals surface area (Å²) in [6, 6.07) is 0. The summed E-state index contributed by atoms with van der Waals surface area (Å²) in [6.07, 6.45) is 23.1. The number of carbonyl (C=O) groups excluding carboxylic acids is 1. The first-order valence-electron chi connectivity index (χ1n) is 13.7. The monoisotopic (exact) mass is 481 g/mol. The molecule has 1 aromatic heterocycles. The maximum atomic E-state index is 12.0. The van der Waals surface area contributed by atoms with Crippen molar-refractivity contribution < 1.29 is 18.8 Å². The molecule has 0 radical (unpaired) electrons. The van der Waals surface area contributed by atoms with Crippen LogP contribution in [0.5, 0.6) is 0 Å². The van der Waals surface area contributed by atoms with E-state index < -0.39 is 0 Å². The number of nitrogens with zero attached hydrogens (tertiary/aromatic N) is 2. The van der Waals surface area contributed by atoms with Crippen LogP contribution in [0.3, 0.4) is 0 Å². The molecule has 1 amide bonds. The first-order chi connectivity index (χ1) is 16.3. The largest absolute Gasteiger partial charge is 0.442 e. The normalized spacial score (nSPS) is 16.0. The van der Waals surface area contributed by atoms with E-state index in [4.69, 9.17) is 9.47 Å². The molecular formula is C27H49N2O3S+. The number of cyclic esters (lactones) is 1. The quantitative estimate of drug-likeness (QED) is 0.131. The minimum Gasteiger partial charge on any atom is -0.442 e. The first-order valence-corrected chi connectivity index (χ1v) is 14.7. The van der Waals surface area contributed by atoms with E-state index in [0.29, 0.717) is 13.2 Å². The van der Waals surface area contributed by atoms with Gasteiger partial charge in [-0.1, -0.05) is 102 Å². The molecule has 0 aliphatic carbocycles. The van der Waals surface area contributed by atoms with E-state index in [2.05, 4.69) is 28.6 Å². The molecule has 0 N–H and O–H groups in total. The van der Waals surface area contributed by atoms with Gasteiger partial charge in [0.15, 0.2) is 6.20 Å². The summed E-state index contributed by atoms with van der Waals surface area (Å²) in [5.74, 6) is 0. The Morgan fingerprint density at radius 3 is 2.18 bits per heavy atom. The Morgan fingerprint density at radius 2 is 1.58 bits per heavy atom. The Hall–Kier alpha value is -1.14. The lowest BCUT2D eigenvalue weighted by Crippen LogP contribution is -2.31. The molecule has 2 rings (SSSR count). The zero-order valence-corrected chi connectivity index (χ0v) is 22.0. The fraction of sp³-hybridized carbons (Fsp3) is 0.852. The molecule has 1 aliphatic rings. The maximum Gasteiger partial charge on any atom is 0.410 e. The number of unbranched alkanes of at least 4 members (excludes halogenated alkanes) is 14. The van der Waals surface area contributed by atoms with E-state index in [1.807, 2.05) is 4.90 Å². The van der Waals surface area contributed by atoms with Crippen LogP contribution in [0.25, 0.3) is 0 Å². The van der Waals surface area contributed by atoms with Crippen LogP contribution in [0, 0.1) is 0 Å². The van der Waals surface area contributed by atoms with Gasteiger partial charge in [-0.25, -0.2) is 4.79 Å². The number of hydrogen-bond acceptors (Lipinski definition) is 4. The maximum absolute atomic E-state index is 12.0. The SMILES string of the molecule is CCCCCCCCCCCCCCCCOC[C@H]1CN(CCCC[n+]2ccsc2)C(=O)O1. The lowest BCUT2D eigenvalue weighted by atomic mass is 10.0. The van der Waals surface area contributed by atoms with Crippen molar-refractivity contribution in [3.05, 3.63) is 17.1 Å². The summed E-state index contributed by atoms with van der Waals surface area (Å²) < 4.78 is 13.4. The van der Waals surface area contributed by atoms with Crippen LogP contribution in [0.15, 0.2) is 17.1 Å². The fourth-order valence-electron chi connectivity index (χ4n) is 4.44. The minimum absolute atomic E-state index is 0.101. The Balaban J connectivity index is 1.31. The van der Waals surface area contributed by atoms with Gasteiger partial charge < -0.3 is 14.4 Å². The molecule has 1 saturated heterocycles. The Morgan fingerprint density at radius 1 is 0.939 bits per heavy atom. The van der Waals surface area contributed by atoms with Gasteiger partial charge in [0.05, 0.1) is 18.5 Å². The minimum atomic E-state index is -0.178. The number of amides is 1. The molecule has 0 aromatic carbocycles. The number of carbonyl (C=O) groups is 1. The fourth-order valence-corrected chi connectivity index (χ4v) is 5.07. The van der Waals surface area contributed by atoms with E-state index in [1.54, 1.807) is 11.3 Å². The van der Waals surface area contributed by atoms with E-state index in [1.165, 1.54) is 83.5 Å². The van der Waals surface area contributed by atoms with Gasteiger partial charge in [0.2, 0.25) is 5.51 Å². The zero-order chi connectivity index (χ0) is 23.4. The van der Waals surface area contributed by atoms with Gasteiger partial charge in [0, 0.05) is 19.6 Å². The average Bonchev–Trinajstić information content (AvgIpc) is 3.46. The number of hydrogen-bond donors (Lipinski definition) is 0. The second kappa shape index (κ2) is 19.2. The molecule has 2 heterocycles. The van der Waals surface area contributed by atoms with E-state index >= 15 is 0 Å². The number of ether oxygens (including phenoxy) is 2. The lowest BCUT2D eigenvalue weighted by Gasteiger charge is -2.12. The van der Waals surface area contributed by atoms with Crippen molar-refractivity contribution >= 4 is 17.4 Å². The molecule has 0 bridgehead atoms. The van der Waals surface area contributed by atoms with Crippen LogP contribution in [-0.2, 0) is 16.0 Å². The zero-order valence-electron chi connectivity index (χ0n) is 21.2. The summed E-state index contributed by atoms with van der Waals surface area (Å²) >= 11 is 1.71. The van der Waals surface area contributed by atoms with Gasteiger partial charge in [-0.3, -0.25) is 0 Å². The van der Waals surface area contributed by atoms with Crippen LogP contribution in [0.1, 0.15) is 110 Å².